The van der Waals surface area contributed by atoms with E-state index in [1.54, 1.807) is 0 Å². The van der Waals surface area contributed by atoms with Crippen molar-refractivity contribution in [2.75, 3.05) is 26.4 Å². The molecule has 0 spiro atoms. The molecular formula is C10H21NaO7S. The van der Waals surface area contributed by atoms with Gasteiger partial charge in [-0.2, -0.15) is 0 Å². The molecular weight excluding hydrogens is 287 g/mol. The number of aldehydes is 1. The van der Waals surface area contributed by atoms with Crippen LogP contribution in [0.1, 0.15) is 26.7 Å². The molecule has 1 N–H and O–H groups in total. The molecule has 19 heavy (non-hydrogen) atoms. The summed E-state index contributed by atoms with van der Waals surface area (Å²) in [5.74, 6) is 0. The first-order chi connectivity index (χ1) is 8.40. The van der Waals surface area contributed by atoms with E-state index < -0.39 is 22.2 Å². The van der Waals surface area contributed by atoms with Gasteiger partial charge in [0.05, 0.1) is 6.61 Å². The summed E-state index contributed by atoms with van der Waals surface area (Å²) in [7, 11) is -4.60. The van der Waals surface area contributed by atoms with Crippen molar-refractivity contribution in [2.24, 2.45) is 0 Å². The SMILES string of the molecule is CCCOCC(O)S(=O)(=O)[O-].CCCOCC=O.[Na+]. The maximum Gasteiger partial charge on any atom is 1.00 e. The molecule has 0 fully saturated rings. The molecule has 9 heteroatoms. The van der Waals surface area contributed by atoms with Gasteiger partial charge in [0.25, 0.3) is 0 Å². The van der Waals surface area contributed by atoms with Gasteiger partial charge in [-0.15, -0.1) is 0 Å². The first-order valence-corrected chi connectivity index (χ1v) is 7.09. The molecule has 0 amide bonds. The molecule has 0 aromatic heterocycles. The molecule has 0 radical (unpaired) electrons. The molecule has 0 aliphatic rings. The van der Waals surface area contributed by atoms with Gasteiger partial charge in [0, 0.05) is 13.2 Å². The van der Waals surface area contributed by atoms with Crippen molar-refractivity contribution in [3.63, 3.8) is 0 Å². The van der Waals surface area contributed by atoms with Crippen LogP contribution in [0.25, 0.3) is 0 Å². The molecule has 0 saturated heterocycles. The Labute approximate surface area is 136 Å². The molecule has 110 valence electrons. The van der Waals surface area contributed by atoms with E-state index in [9.17, 15) is 17.8 Å². The smallest absolute Gasteiger partial charge is 0.746 e. The van der Waals surface area contributed by atoms with Gasteiger partial charge in [0.15, 0.2) is 5.44 Å². The van der Waals surface area contributed by atoms with Crippen molar-refractivity contribution in [3.05, 3.63) is 0 Å². The molecule has 0 aromatic carbocycles. The van der Waals surface area contributed by atoms with Gasteiger partial charge in [0.1, 0.15) is 23.0 Å². The van der Waals surface area contributed by atoms with Crippen LogP contribution in [0.5, 0.6) is 0 Å². The van der Waals surface area contributed by atoms with Crippen LogP contribution in [0.2, 0.25) is 0 Å². The molecule has 7 nitrogen and oxygen atoms in total. The van der Waals surface area contributed by atoms with Crippen LogP contribution in [-0.4, -0.2) is 56.2 Å². The third-order valence-corrected chi connectivity index (χ3v) is 2.28. The zero-order valence-electron chi connectivity index (χ0n) is 11.7. The Hall–Kier alpha value is 0.460. The second-order valence-electron chi connectivity index (χ2n) is 3.26. The molecule has 0 aromatic rings. The van der Waals surface area contributed by atoms with E-state index in [0.29, 0.717) is 19.6 Å². The van der Waals surface area contributed by atoms with E-state index in [2.05, 4.69) is 4.74 Å². The molecule has 0 bridgehead atoms. The molecule has 0 heterocycles. The maximum atomic E-state index is 10.0. The number of aliphatic hydroxyl groups is 1. The number of rotatable bonds is 9. The fourth-order valence-electron chi connectivity index (χ4n) is 0.688. The number of hydrogen-bond acceptors (Lipinski definition) is 7. The van der Waals surface area contributed by atoms with E-state index in [4.69, 9.17) is 9.84 Å². The van der Waals surface area contributed by atoms with Crippen LogP contribution in [0.3, 0.4) is 0 Å². The van der Waals surface area contributed by atoms with Gasteiger partial charge >= 0.3 is 29.6 Å². The topological polar surface area (TPSA) is 113 Å². The number of carbonyl (C=O) groups excluding carboxylic acids is 1. The van der Waals surface area contributed by atoms with Crippen LogP contribution in [0, 0.1) is 0 Å². The minimum Gasteiger partial charge on any atom is -0.746 e. The summed E-state index contributed by atoms with van der Waals surface area (Å²) in [5, 5.41) is 8.59. The van der Waals surface area contributed by atoms with Crippen LogP contribution < -0.4 is 29.6 Å². The second-order valence-corrected chi connectivity index (χ2v) is 4.79. The van der Waals surface area contributed by atoms with Gasteiger partial charge < -0.3 is 23.9 Å². The van der Waals surface area contributed by atoms with Crippen LogP contribution in [0.15, 0.2) is 0 Å². The van der Waals surface area contributed by atoms with Gasteiger partial charge in [-0.1, -0.05) is 13.8 Å². The molecule has 0 rings (SSSR count). The Kier molecular flexibility index (Phi) is 21.3. The summed E-state index contributed by atoms with van der Waals surface area (Å²) in [5.41, 5.74) is -1.94. The van der Waals surface area contributed by atoms with Gasteiger partial charge in [-0.05, 0) is 12.8 Å². The quantitative estimate of drug-likeness (QED) is 0.208. The average molecular weight is 308 g/mol. The first-order valence-electron chi connectivity index (χ1n) is 5.62. The largest absolute Gasteiger partial charge is 1.00 e. The van der Waals surface area contributed by atoms with E-state index in [1.165, 1.54) is 0 Å². The minimum atomic E-state index is -4.60. The third-order valence-electron chi connectivity index (χ3n) is 1.48. The predicted molar refractivity (Wildman–Crippen MR) is 64.0 cm³/mol. The zero-order chi connectivity index (χ0) is 14.4. The van der Waals surface area contributed by atoms with E-state index in [0.717, 1.165) is 12.7 Å². The molecule has 0 aliphatic carbocycles. The Balaban J connectivity index is -0.000000280. The second kappa shape index (κ2) is 16.5. The van der Waals surface area contributed by atoms with Gasteiger partial charge in [-0.25, -0.2) is 8.42 Å². The fourth-order valence-corrected chi connectivity index (χ4v) is 0.950. The van der Waals surface area contributed by atoms with Crippen molar-refractivity contribution in [1.29, 1.82) is 0 Å². The number of ether oxygens (including phenoxy) is 2. The van der Waals surface area contributed by atoms with Gasteiger partial charge in [0.2, 0.25) is 0 Å². The fraction of sp³-hybridized carbons (Fsp3) is 0.900. The van der Waals surface area contributed by atoms with Crippen molar-refractivity contribution < 1.29 is 61.9 Å². The Morgan fingerprint density at radius 1 is 1.21 bits per heavy atom. The van der Waals surface area contributed by atoms with Crippen LogP contribution >= 0.6 is 0 Å². The summed E-state index contributed by atoms with van der Waals surface area (Å²) >= 11 is 0. The number of carbonyl (C=O) groups is 1. The molecule has 1 unspecified atom stereocenters. The summed E-state index contributed by atoms with van der Waals surface area (Å²) in [6.07, 6.45) is 2.45. The van der Waals surface area contributed by atoms with Crippen molar-refractivity contribution >= 4 is 16.4 Å². The van der Waals surface area contributed by atoms with Crippen molar-refractivity contribution in [1.82, 2.24) is 0 Å². The predicted octanol–water partition coefficient (Wildman–Crippen LogP) is -3.11. The van der Waals surface area contributed by atoms with Crippen LogP contribution in [-0.2, 0) is 24.4 Å². The maximum absolute atomic E-state index is 10.0. The molecule has 0 aliphatic heterocycles. The van der Waals surface area contributed by atoms with Crippen molar-refractivity contribution in [3.8, 4) is 0 Å². The summed E-state index contributed by atoms with van der Waals surface area (Å²) in [6.45, 7) is 4.67. The summed E-state index contributed by atoms with van der Waals surface area (Å²) in [6, 6.07) is 0. The monoisotopic (exact) mass is 308 g/mol. The third kappa shape index (κ3) is 20.9. The molecule has 0 saturated carbocycles. The van der Waals surface area contributed by atoms with Crippen molar-refractivity contribution in [2.45, 2.75) is 32.1 Å². The normalized spacial score (nSPS) is 11.8. The molecule has 1 atom stereocenters. The summed E-state index contributed by atoms with van der Waals surface area (Å²) in [4.78, 5) is 9.55. The van der Waals surface area contributed by atoms with E-state index >= 15 is 0 Å². The van der Waals surface area contributed by atoms with Crippen LogP contribution in [0.4, 0.5) is 0 Å². The number of aliphatic hydroxyl groups excluding tert-OH is 1. The zero-order valence-corrected chi connectivity index (χ0v) is 14.5. The van der Waals surface area contributed by atoms with E-state index in [1.807, 2.05) is 13.8 Å². The average Bonchev–Trinajstić information content (AvgIpc) is 2.29. The summed E-state index contributed by atoms with van der Waals surface area (Å²) < 4.78 is 39.5. The number of hydrogen-bond donors (Lipinski definition) is 1. The van der Waals surface area contributed by atoms with Gasteiger partial charge in [-0.3, -0.25) is 0 Å². The first kappa shape index (κ1) is 24.5. The standard InChI is InChI=1S/C5H12O5S.C5H10O2.Na/c1-2-3-10-4-5(6)11(7,8)9;1-2-4-7-5-3-6;/h5-6H,2-4H2,1H3,(H,7,8,9);3H,2,4-5H2,1H3;/q;;+1/p-1. The Bertz CT molecular complexity index is 282. The minimum absolute atomic E-state index is 0. The van der Waals surface area contributed by atoms with E-state index in [-0.39, 0.29) is 36.2 Å². The Morgan fingerprint density at radius 2 is 1.68 bits per heavy atom. The Morgan fingerprint density at radius 3 is 2.05 bits per heavy atom.